The Bertz CT molecular complexity index is 487. The molecule has 0 unspecified atom stereocenters. The van der Waals surface area contributed by atoms with Gasteiger partial charge in [-0.15, -0.1) is 0 Å². The van der Waals surface area contributed by atoms with Crippen LogP contribution >= 0.6 is 0 Å². The first-order chi connectivity index (χ1) is 9.97. The molecule has 1 aromatic rings. The second-order valence-electron chi connectivity index (χ2n) is 5.75. The van der Waals surface area contributed by atoms with Crippen LogP contribution in [0.1, 0.15) is 64.4 Å². The van der Waals surface area contributed by atoms with Gasteiger partial charge in [-0.3, -0.25) is 4.55 Å². The maximum absolute atomic E-state index is 10.9. The summed E-state index contributed by atoms with van der Waals surface area (Å²) < 4.78 is 30.8. The Morgan fingerprint density at radius 3 is 2.05 bits per heavy atom. The Morgan fingerprint density at radius 1 is 0.952 bits per heavy atom. The van der Waals surface area contributed by atoms with E-state index in [0.29, 0.717) is 0 Å². The van der Waals surface area contributed by atoms with Gasteiger partial charge in [0.15, 0.2) is 0 Å². The van der Waals surface area contributed by atoms with Crippen molar-refractivity contribution >= 4 is 10.1 Å². The first kappa shape index (κ1) is 18.2. The van der Waals surface area contributed by atoms with Gasteiger partial charge in [-0.05, 0) is 36.5 Å². The molecule has 4 heteroatoms. The first-order valence-corrected chi connectivity index (χ1v) is 9.47. The summed E-state index contributed by atoms with van der Waals surface area (Å²) in [7, 11) is -4.07. The second-order valence-corrected chi connectivity index (χ2v) is 7.18. The Labute approximate surface area is 129 Å². The summed E-state index contributed by atoms with van der Waals surface area (Å²) in [5.74, 6) is 0.887. The van der Waals surface area contributed by atoms with E-state index in [1.165, 1.54) is 50.7 Å². The van der Waals surface area contributed by atoms with Gasteiger partial charge in [-0.1, -0.05) is 64.5 Å². The summed E-state index contributed by atoms with van der Waals surface area (Å²) in [5, 5.41) is 0. The van der Waals surface area contributed by atoms with Gasteiger partial charge in [0.2, 0.25) is 0 Å². The molecule has 1 rings (SSSR count). The zero-order valence-electron chi connectivity index (χ0n) is 13.2. The van der Waals surface area contributed by atoms with Crippen LogP contribution in [0, 0.1) is 5.92 Å². The smallest absolute Gasteiger partial charge is 0.282 e. The molecule has 0 amide bonds. The molecule has 0 heterocycles. The molecule has 0 radical (unpaired) electrons. The highest BCUT2D eigenvalue weighted by Gasteiger charge is 2.08. The van der Waals surface area contributed by atoms with E-state index < -0.39 is 10.1 Å². The molecule has 1 N–H and O–H groups in total. The van der Waals surface area contributed by atoms with E-state index in [0.717, 1.165) is 24.3 Å². The van der Waals surface area contributed by atoms with Gasteiger partial charge in [0.05, 0.1) is 4.90 Å². The van der Waals surface area contributed by atoms with E-state index in [4.69, 9.17) is 4.55 Å². The Hall–Kier alpha value is -0.870. The molecule has 0 aliphatic rings. The van der Waals surface area contributed by atoms with E-state index in [1.54, 1.807) is 12.1 Å². The van der Waals surface area contributed by atoms with Crippen LogP contribution in [0.15, 0.2) is 29.2 Å². The minimum Gasteiger partial charge on any atom is -0.282 e. The monoisotopic (exact) mass is 312 g/mol. The number of hydrogen-bond donors (Lipinski definition) is 1. The van der Waals surface area contributed by atoms with Crippen LogP contribution in [-0.4, -0.2) is 13.0 Å². The summed E-state index contributed by atoms with van der Waals surface area (Å²) in [6.45, 7) is 4.54. The molecule has 0 saturated heterocycles. The van der Waals surface area contributed by atoms with Gasteiger partial charge in [0, 0.05) is 0 Å². The van der Waals surface area contributed by atoms with Crippen molar-refractivity contribution in [3.05, 3.63) is 29.8 Å². The van der Waals surface area contributed by atoms with E-state index in [1.807, 2.05) is 0 Å². The van der Waals surface area contributed by atoms with Crippen LogP contribution in [0.4, 0.5) is 0 Å². The second kappa shape index (κ2) is 9.21. The molecule has 0 aromatic heterocycles. The number of unbranched alkanes of at least 4 members (excludes halogenated alkanes) is 3. The largest absolute Gasteiger partial charge is 0.294 e. The predicted octanol–water partition coefficient (Wildman–Crippen LogP) is 4.86. The maximum atomic E-state index is 10.9. The van der Waals surface area contributed by atoms with Gasteiger partial charge in [-0.25, -0.2) is 0 Å². The lowest BCUT2D eigenvalue weighted by Gasteiger charge is -2.11. The third kappa shape index (κ3) is 7.09. The maximum Gasteiger partial charge on any atom is 0.294 e. The van der Waals surface area contributed by atoms with Crippen molar-refractivity contribution in [3.8, 4) is 0 Å². The molecule has 0 atom stereocenters. The molecule has 120 valence electrons. The van der Waals surface area contributed by atoms with E-state index >= 15 is 0 Å². The standard InChI is InChI=1S/C17H28O3S/c1-3-15(4-2)9-7-5-6-8-10-16-11-13-17(14-12-16)21(18,19)20/h11-15H,3-10H2,1-2H3,(H,18,19,20). The number of hydrogen-bond acceptors (Lipinski definition) is 2. The molecular formula is C17H28O3S. The highest BCUT2D eigenvalue weighted by Crippen LogP contribution is 2.18. The summed E-state index contributed by atoms with van der Waals surface area (Å²) >= 11 is 0. The fourth-order valence-corrected chi connectivity index (χ4v) is 3.12. The number of rotatable bonds is 10. The third-order valence-electron chi connectivity index (χ3n) is 4.20. The van der Waals surface area contributed by atoms with Crippen LogP contribution in [0.2, 0.25) is 0 Å². The van der Waals surface area contributed by atoms with E-state index in [2.05, 4.69) is 13.8 Å². The third-order valence-corrected chi connectivity index (χ3v) is 5.07. The van der Waals surface area contributed by atoms with Crippen molar-refractivity contribution in [3.63, 3.8) is 0 Å². The summed E-state index contributed by atoms with van der Waals surface area (Å²) in [5.41, 5.74) is 1.13. The van der Waals surface area contributed by atoms with Crippen LogP contribution < -0.4 is 0 Å². The molecule has 3 nitrogen and oxygen atoms in total. The molecule has 0 fully saturated rings. The minimum atomic E-state index is -4.07. The topological polar surface area (TPSA) is 54.4 Å². The number of benzene rings is 1. The SMILES string of the molecule is CCC(CC)CCCCCCc1ccc(S(=O)(=O)O)cc1. The molecule has 0 saturated carbocycles. The lowest BCUT2D eigenvalue weighted by atomic mass is 9.95. The highest BCUT2D eigenvalue weighted by molar-refractivity contribution is 7.85. The van der Waals surface area contributed by atoms with Gasteiger partial charge in [-0.2, -0.15) is 8.42 Å². The van der Waals surface area contributed by atoms with Crippen molar-refractivity contribution in [2.75, 3.05) is 0 Å². The van der Waals surface area contributed by atoms with Crippen molar-refractivity contribution < 1.29 is 13.0 Å². The van der Waals surface area contributed by atoms with Crippen LogP contribution in [0.3, 0.4) is 0 Å². The average molecular weight is 312 g/mol. The summed E-state index contributed by atoms with van der Waals surface area (Å²) in [6.07, 6.45) is 9.84. The fourth-order valence-electron chi connectivity index (χ4n) is 2.64. The molecule has 0 bridgehead atoms. The number of aryl methyl sites for hydroxylation is 1. The van der Waals surface area contributed by atoms with Gasteiger partial charge in [0.1, 0.15) is 0 Å². The molecule has 0 aliphatic carbocycles. The van der Waals surface area contributed by atoms with E-state index in [9.17, 15) is 8.42 Å². The average Bonchev–Trinajstić information content (AvgIpc) is 2.46. The van der Waals surface area contributed by atoms with Crippen molar-refractivity contribution in [2.45, 2.75) is 70.1 Å². The quantitative estimate of drug-likeness (QED) is 0.495. The first-order valence-electron chi connectivity index (χ1n) is 8.03. The van der Waals surface area contributed by atoms with Gasteiger partial charge < -0.3 is 0 Å². The zero-order valence-corrected chi connectivity index (χ0v) is 14.0. The minimum absolute atomic E-state index is 0.0311. The molecule has 1 aromatic carbocycles. The Kier molecular flexibility index (Phi) is 7.97. The normalized spacial score (nSPS) is 12.0. The zero-order chi connectivity index (χ0) is 15.7. The van der Waals surface area contributed by atoms with Crippen LogP contribution in [-0.2, 0) is 16.5 Å². The molecule has 21 heavy (non-hydrogen) atoms. The summed E-state index contributed by atoms with van der Waals surface area (Å²) in [4.78, 5) is -0.0311. The molecule has 0 spiro atoms. The van der Waals surface area contributed by atoms with Gasteiger partial charge in [0.25, 0.3) is 10.1 Å². The van der Waals surface area contributed by atoms with E-state index in [-0.39, 0.29) is 4.90 Å². The summed E-state index contributed by atoms with van der Waals surface area (Å²) in [6, 6.07) is 6.51. The lowest BCUT2D eigenvalue weighted by molar-refractivity contribution is 0.428. The van der Waals surface area contributed by atoms with Crippen molar-refractivity contribution in [1.82, 2.24) is 0 Å². The van der Waals surface area contributed by atoms with Crippen LogP contribution in [0.25, 0.3) is 0 Å². The Morgan fingerprint density at radius 2 is 1.52 bits per heavy atom. The van der Waals surface area contributed by atoms with Crippen molar-refractivity contribution in [2.24, 2.45) is 5.92 Å². The van der Waals surface area contributed by atoms with Gasteiger partial charge >= 0.3 is 0 Å². The molecule has 0 aliphatic heterocycles. The highest BCUT2D eigenvalue weighted by atomic mass is 32.2. The fraction of sp³-hybridized carbons (Fsp3) is 0.647. The molecular weight excluding hydrogens is 284 g/mol. The Balaban J connectivity index is 2.21. The lowest BCUT2D eigenvalue weighted by Crippen LogP contribution is -1.98. The van der Waals surface area contributed by atoms with Crippen molar-refractivity contribution in [1.29, 1.82) is 0 Å². The van der Waals surface area contributed by atoms with Crippen LogP contribution in [0.5, 0.6) is 0 Å². The predicted molar refractivity (Wildman–Crippen MR) is 87.1 cm³/mol.